The lowest BCUT2D eigenvalue weighted by Gasteiger charge is -2.45. The summed E-state index contributed by atoms with van der Waals surface area (Å²) in [4.78, 5) is 6.90. The van der Waals surface area contributed by atoms with Gasteiger partial charge in [-0.2, -0.15) is 26.3 Å². The van der Waals surface area contributed by atoms with Crippen molar-refractivity contribution in [3.8, 4) is 0 Å². The van der Waals surface area contributed by atoms with E-state index in [4.69, 9.17) is 0 Å². The molecule has 4 atom stereocenters. The molecule has 2 aromatic rings. The van der Waals surface area contributed by atoms with E-state index >= 15 is 0 Å². The maximum atomic E-state index is 12.8. The van der Waals surface area contributed by atoms with Gasteiger partial charge in [0.1, 0.15) is 0 Å². The predicted octanol–water partition coefficient (Wildman–Crippen LogP) is 6.72. The van der Waals surface area contributed by atoms with Crippen LogP contribution in [-0.4, -0.2) is 78.0 Å². The smallest absolute Gasteiger partial charge is 0.416 e. The number of halogens is 6. The van der Waals surface area contributed by atoms with Gasteiger partial charge in [0.05, 0.1) is 11.1 Å². The third-order valence-electron chi connectivity index (χ3n) is 9.80. The first kappa shape index (κ1) is 34.2. The number of nitrogens with one attached hydrogen (secondary N) is 1. The average molecular weight is 639 g/mol. The monoisotopic (exact) mass is 638 g/mol. The maximum absolute atomic E-state index is 12.8. The molecule has 2 aliphatic heterocycles. The second kappa shape index (κ2) is 13.9. The lowest BCUT2D eigenvalue weighted by atomic mass is 9.83. The summed E-state index contributed by atoms with van der Waals surface area (Å²) in [6.07, 6.45) is -3.91. The zero-order valence-electron chi connectivity index (χ0n) is 26.3. The lowest BCUT2D eigenvalue weighted by Crippen LogP contribution is -2.56. The highest BCUT2D eigenvalue weighted by Gasteiger charge is 2.42. The number of alkyl halides is 6. The van der Waals surface area contributed by atoms with Crippen molar-refractivity contribution in [1.82, 2.24) is 19.9 Å². The van der Waals surface area contributed by atoms with Crippen LogP contribution in [0, 0.1) is 11.8 Å². The molecule has 6 rings (SSSR count). The van der Waals surface area contributed by atoms with Gasteiger partial charge >= 0.3 is 19.4 Å². The first-order valence-electron chi connectivity index (χ1n) is 16.2. The topological polar surface area (TPSA) is 42.0 Å². The Labute approximate surface area is 263 Å². The van der Waals surface area contributed by atoms with Crippen molar-refractivity contribution >= 4 is 7.05 Å². The Morgan fingerprint density at radius 3 is 1.51 bits per heavy atom. The van der Waals surface area contributed by atoms with E-state index in [1.165, 1.54) is 37.1 Å². The Morgan fingerprint density at radius 1 is 0.711 bits per heavy atom. The Bertz CT molecular complexity index is 1230. The number of nitrogens with zero attached hydrogens (tertiary/aromatic N) is 3. The molecule has 248 valence electrons. The van der Waals surface area contributed by atoms with Crippen LogP contribution in [0.15, 0.2) is 48.5 Å². The molecule has 0 amide bonds. The Hall–Kier alpha value is -2.12. The zero-order chi connectivity index (χ0) is 32.5. The quantitative estimate of drug-likeness (QED) is 0.261. The molecular weight excluding hydrogens is 593 g/mol. The molecule has 2 unspecified atom stereocenters. The van der Waals surface area contributed by atoms with Gasteiger partial charge in [0, 0.05) is 63.4 Å². The van der Waals surface area contributed by atoms with E-state index < -0.39 is 30.5 Å². The van der Waals surface area contributed by atoms with Crippen LogP contribution in [0.4, 0.5) is 26.3 Å². The second-order valence-corrected chi connectivity index (χ2v) is 13.3. The molecular formula is C33H45BF6N4O. The molecule has 0 spiro atoms. The van der Waals surface area contributed by atoms with Gasteiger partial charge in [-0.3, -0.25) is 9.80 Å². The van der Waals surface area contributed by atoms with Crippen LogP contribution < -0.4 is 5.32 Å². The number of hydrogen-bond donors (Lipinski definition) is 2. The van der Waals surface area contributed by atoms with Crippen molar-refractivity contribution in [2.24, 2.45) is 11.8 Å². The minimum atomic E-state index is -4.29. The predicted molar refractivity (Wildman–Crippen MR) is 164 cm³/mol. The molecule has 4 aliphatic rings. The van der Waals surface area contributed by atoms with Crippen LogP contribution in [0.3, 0.4) is 0 Å². The fraction of sp³-hybridized carbons (Fsp3) is 0.636. The summed E-state index contributed by atoms with van der Waals surface area (Å²) in [5.41, 5.74) is 0.851. The Kier molecular flexibility index (Phi) is 10.6. The molecule has 2 saturated heterocycles. The molecule has 0 bridgehead atoms. The standard InChI is InChI=1S/C17H24BF3N2O.C16H21F3N2/c1-12-11-22(18(2)24)9-10-23(12)16(13-3-4-13)14-5-7-15(8-6-14)17(19,20)21;1-11-10-20-8-9-21(11)15(12-2-3-12)13-4-6-14(7-5-13)16(17,18)19/h5-8,12-13,16,24H,3-4,9-11H2,1-2H3;4-7,11-12,15,20H,2-3,8-10H2,1H3/t12-,16?;11-,15?/m00/s1. The first-order chi connectivity index (χ1) is 21.2. The van der Waals surface area contributed by atoms with E-state index in [1.54, 1.807) is 31.1 Å². The van der Waals surface area contributed by atoms with Gasteiger partial charge in [0.15, 0.2) is 0 Å². The molecule has 0 aromatic heterocycles. The summed E-state index contributed by atoms with van der Waals surface area (Å²) in [5, 5.41) is 13.1. The molecule has 12 heteroatoms. The molecule has 5 nitrogen and oxygen atoms in total. The minimum Gasteiger partial charge on any atom is -0.437 e. The molecule has 0 radical (unpaired) electrons. The highest BCUT2D eigenvalue weighted by atomic mass is 19.4. The zero-order valence-corrected chi connectivity index (χ0v) is 26.3. The van der Waals surface area contributed by atoms with Gasteiger partial charge in [-0.1, -0.05) is 24.3 Å². The summed E-state index contributed by atoms with van der Waals surface area (Å²) >= 11 is 0. The molecule has 45 heavy (non-hydrogen) atoms. The SMILES string of the molecule is CB(O)N1CCN(C(c2ccc(C(F)(F)F)cc2)C2CC2)[C@@H](C)C1.C[C@H]1CNCCN1C(c1ccc(C(F)(F)F)cc1)C1CC1. The van der Waals surface area contributed by atoms with E-state index in [2.05, 4.69) is 29.0 Å². The van der Waals surface area contributed by atoms with Gasteiger partial charge in [-0.15, -0.1) is 0 Å². The van der Waals surface area contributed by atoms with Crippen molar-refractivity contribution in [2.45, 2.75) is 82.9 Å². The fourth-order valence-electron chi connectivity index (χ4n) is 7.05. The maximum Gasteiger partial charge on any atom is 0.416 e. The largest absolute Gasteiger partial charge is 0.437 e. The fourth-order valence-corrected chi connectivity index (χ4v) is 7.05. The third-order valence-corrected chi connectivity index (χ3v) is 9.80. The van der Waals surface area contributed by atoms with E-state index in [0.717, 1.165) is 63.2 Å². The number of rotatable bonds is 7. The van der Waals surface area contributed by atoms with E-state index in [0.29, 0.717) is 17.9 Å². The number of benzene rings is 2. The molecule has 2 aromatic carbocycles. The molecule has 2 heterocycles. The van der Waals surface area contributed by atoms with Crippen LogP contribution in [0.2, 0.25) is 6.82 Å². The van der Waals surface area contributed by atoms with E-state index in [-0.39, 0.29) is 18.1 Å². The first-order valence-corrected chi connectivity index (χ1v) is 16.2. The van der Waals surface area contributed by atoms with Crippen LogP contribution in [0.25, 0.3) is 0 Å². The van der Waals surface area contributed by atoms with Gasteiger partial charge in [-0.25, -0.2) is 0 Å². The summed E-state index contributed by atoms with van der Waals surface area (Å²) in [6.45, 7) is 11.3. The number of piperazine rings is 2. The molecule has 2 N–H and O–H groups in total. The van der Waals surface area contributed by atoms with Crippen LogP contribution in [0.5, 0.6) is 0 Å². The lowest BCUT2D eigenvalue weighted by molar-refractivity contribution is -0.138. The van der Waals surface area contributed by atoms with Crippen molar-refractivity contribution in [3.63, 3.8) is 0 Å². The van der Waals surface area contributed by atoms with Crippen LogP contribution >= 0.6 is 0 Å². The van der Waals surface area contributed by atoms with Crippen molar-refractivity contribution in [2.75, 3.05) is 39.3 Å². The van der Waals surface area contributed by atoms with E-state index in [9.17, 15) is 31.4 Å². The minimum absolute atomic E-state index is 0.179. The van der Waals surface area contributed by atoms with Crippen LogP contribution in [0.1, 0.15) is 73.9 Å². The summed E-state index contributed by atoms with van der Waals surface area (Å²) in [5.74, 6) is 1.13. The summed E-state index contributed by atoms with van der Waals surface area (Å²) in [6, 6.07) is 12.6. The van der Waals surface area contributed by atoms with Gasteiger partial charge in [-0.05, 0) is 93.6 Å². The van der Waals surface area contributed by atoms with Gasteiger partial charge in [0.25, 0.3) is 0 Å². The number of hydrogen-bond acceptors (Lipinski definition) is 5. The Morgan fingerprint density at radius 2 is 1.16 bits per heavy atom. The van der Waals surface area contributed by atoms with Gasteiger partial charge in [0.2, 0.25) is 0 Å². The van der Waals surface area contributed by atoms with Crippen LogP contribution in [-0.2, 0) is 12.4 Å². The second-order valence-electron chi connectivity index (χ2n) is 13.3. The summed E-state index contributed by atoms with van der Waals surface area (Å²) < 4.78 is 76.4. The summed E-state index contributed by atoms with van der Waals surface area (Å²) in [7, 11) is -0.458. The molecule has 2 saturated carbocycles. The highest BCUT2D eigenvalue weighted by molar-refractivity contribution is 6.45. The van der Waals surface area contributed by atoms with Crippen molar-refractivity contribution in [1.29, 1.82) is 0 Å². The third kappa shape index (κ3) is 8.63. The van der Waals surface area contributed by atoms with Crippen molar-refractivity contribution in [3.05, 3.63) is 70.8 Å². The van der Waals surface area contributed by atoms with Gasteiger partial charge < -0.3 is 15.2 Å². The normalized spacial score (nSPS) is 25.3. The molecule has 2 aliphatic carbocycles. The molecule has 4 fully saturated rings. The Balaban J connectivity index is 0.000000179. The average Bonchev–Trinajstić information content (AvgIpc) is 3.91. The van der Waals surface area contributed by atoms with E-state index in [1.807, 2.05) is 4.81 Å². The van der Waals surface area contributed by atoms with Crippen molar-refractivity contribution < 1.29 is 31.4 Å². The highest BCUT2D eigenvalue weighted by Crippen LogP contribution is 2.47.